The highest BCUT2D eigenvalue weighted by atomic mass is 16.4. The van der Waals surface area contributed by atoms with Crippen LogP contribution in [0, 0.1) is 0 Å². The van der Waals surface area contributed by atoms with Gasteiger partial charge in [0.25, 0.3) is 0 Å². The monoisotopic (exact) mass is 167 g/mol. The van der Waals surface area contributed by atoms with Gasteiger partial charge in [0.15, 0.2) is 0 Å². The van der Waals surface area contributed by atoms with Crippen molar-refractivity contribution in [3.8, 4) is 5.75 Å². The zero-order valence-electron chi connectivity index (χ0n) is 6.31. The topological polar surface area (TPSA) is 73.1 Å². The van der Waals surface area contributed by atoms with E-state index in [1.807, 2.05) is 0 Å². The molecule has 0 fully saturated rings. The summed E-state index contributed by atoms with van der Waals surface area (Å²) in [6, 6.07) is 6.14. The van der Waals surface area contributed by atoms with Crippen molar-refractivity contribution in [3.63, 3.8) is 0 Å². The predicted molar refractivity (Wildman–Crippen MR) is 43.5 cm³/mol. The third kappa shape index (κ3) is 1.73. The molecule has 64 valence electrons. The summed E-state index contributed by atoms with van der Waals surface area (Å²) in [4.78, 5) is 0. The third-order valence-corrected chi connectivity index (χ3v) is 1.45. The zero-order chi connectivity index (χ0) is 8.97. The van der Waals surface area contributed by atoms with E-state index >= 15 is 0 Å². The number of oxime groups is 1. The van der Waals surface area contributed by atoms with Gasteiger partial charge in [-0.15, -0.1) is 0 Å². The number of hydrogen-bond donors (Lipinski definition) is 3. The number of aromatic hydroxyl groups is 1. The van der Waals surface area contributed by atoms with Gasteiger partial charge in [0, 0.05) is 5.56 Å². The van der Waals surface area contributed by atoms with Gasteiger partial charge in [-0.3, -0.25) is 0 Å². The van der Waals surface area contributed by atoms with Crippen LogP contribution in [0.1, 0.15) is 5.56 Å². The lowest BCUT2D eigenvalue weighted by molar-refractivity contribution is 0.304. The lowest BCUT2D eigenvalue weighted by atomic mass is 10.1. The number of aliphatic hydroxyl groups is 1. The van der Waals surface area contributed by atoms with Crippen molar-refractivity contribution in [2.45, 2.75) is 0 Å². The zero-order valence-corrected chi connectivity index (χ0v) is 6.31. The van der Waals surface area contributed by atoms with E-state index in [4.69, 9.17) is 15.4 Å². The lowest BCUT2D eigenvalue weighted by Crippen LogP contribution is -2.05. The van der Waals surface area contributed by atoms with Gasteiger partial charge in [-0.1, -0.05) is 17.3 Å². The van der Waals surface area contributed by atoms with Crippen molar-refractivity contribution >= 4 is 5.71 Å². The van der Waals surface area contributed by atoms with Crippen molar-refractivity contribution in [2.75, 3.05) is 6.61 Å². The molecule has 0 unspecified atom stereocenters. The van der Waals surface area contributed by atoms with Crippen molar-refractivity contribution < 1.29 is 15.4 Å². The van der Waals surface area contributed by atoms with Gasteiger partial charge in [-0.25, -0.2) is 0 Å². The van der Waals surface area contributed by atoms with E-state index in [0.29, 0.717) is 5.56 Å². The fourth-order valence-corrected chi connectivity index (χ4v) is 0.866. The molecule has 1 aromatic rings. The molecular weight excluding hydrogens is 158 g/mol. The van der Waals surface area contributed by atoms with E-state index in [0.717, 1.165) is 0 Å². The molecule has 0 aliphatic heterocycles. The Kier molecular flexibility index (Phi) is 2.66. The molecule has 0 heterocycles. The van der Waals surface area contributed by atoms with E-state index in [2.05, 4.69) is 5.16 Å². The first-order chi connectivity index (χ1) is 5.77. The average Bonchev–Trinajstić information content (AvgIpc) is 2.07. The smallest absolute Gasteiger partial charge is 0.116 e. The Hall–Kier alpha value is -1.55. The molecular formula is C8H9NO3. The Morgan fingerprint density at radius 2 is 2.17 bits per heavy atom. The van der Waals surface area contributed by atoms with Crippen LogP contribution in [0.4, 0.5) is 0 Å². The highest BCUT2D eigenvalue weighted by molar-refractivity contribution is 6.01. The number of aliphatic hydroxyl groups excluding tert-OH is 1. The fourth-order valence-electron chi connectivity index (χ4n) is 0.866. The van der Waals surface area contributed by atoms with E-state index in [1.54, 1.807) is 12.1 Å². The number of phenols is 1. The first-order valence-electron chi connectivity index (χ1n) is 3.39. The van der Waals surface area contributed by atoms with Gasteiger partial charge in [0.2, 0.25) is 0 Å². The minimum absolute atomic E-state index is 0.0714. The maximum Gasteiger partial charge on any atom is 0.116 e. The van der Waals surface area contributed by atoms with Crippen molar-refractivity contribution in [1.82, 2.24) is 0 Å². The first kappa shape index (κ1) is 8.55. The molecule has 0 amide bonds. The Morgan fingerprint density at radius 1 is 1.42 bits per heavy atom. The van der Waals surface area contributed by atoms with Crippen LogP contribution in [0.2, 0.25) is 0 Å². The highest BCUT2D eigenvalue weighted by Gasteiger charge is 2.02. The number of benzene rings is 1. The normalized spacial score (nSPS) is 11.6. The summed E-state index contributed by atoms with van der Waals surface area (Å²) in [5.74, 6) is 0.0714. The summed E-state index contributed by atoms with van der Waals surface area (Å²) in [7, 11) is 0. The molecule has 0 atom stereocenters. The number of hydrogen-bond acceptors (Lipinski definition) is 4. The third-order valence-electron chi connectivity index (χ3n) is 1.45. The van der Waals surface area contributed by atoms with Crippen LogP contribution in [0.25, 0.3) is 0 Å². The maximum atomic E-state index is 9.03. The van der Waals surface area contributed by atoms with Crippen molar-refractivity contribution in [3.05, 3.63) is 29.8 Å². The Balaban J connectivity index is 3.02. The molecule has 1 rings (SSSR count). The molecule has 0 spiro atoms. The second kappa shape index (κ2) is 3.73. The fraction of sp³-hybridized carbons (Fsp3) is 0.125. The van der Waals surface area contributed by atoms with E-state index in [1.165, 1.54) is 12.1 Å². The Labute approximate surface area is 69.4 Å². The standard InChI is InChI=1S/C8H9NO3/c10-5-8(9-12)6-2-1-3-7(11)4-6/h1-4,10-12H,5H2. The molecule has 1 aromatic carbocycles. The summed E-state index contributed by atoms with van der Waals surface area (Å²) in [5.41, 5.74) is 0.630. The second-order valence-corrected chi connectivity index (χ2v) is 2.26. The van der Waals surface area contributed by atoms with Gasteiger partial charge in [-0.05, 0) is 12.1 Å². The molecule has 4 nitrogen and oxygen atoms in total. The van der Waals surface area contributed by atoms with Crippen molar-refractivity contribution in [2.24, 2.45) is 5.16 Å². The molecule has 4 heteroatoms. The van der Waals surface area contributed by atoms with Crippen molar-refractivity contribution in [1.29, 1.82) is 0 Å². The molecule has 0 radical (unpaired) electrons. The summed E-state index contributed by atoms with van der Waals surface area (Å²) < 4.78 is 0. The molecule has 0 bridgehead atoms. The first-order valence-corrected chi connectivity index (χ1v) is 3.39. The largest absolute Gasteiger partial charge is 0.508 e. The minimum atomic E-state index is -0.361. The van der Waals surface area contributed by atoms with Gasteiger partial charge in [0.05, 0.1) is 6.61 Å². The van der Waals surface area contributed by atoms with E-state index < -0.39 is 0 Å². The predicted octanol–water partition coefficient (Wildman–Crippen LogP) is 0.563. The van der Waals surface area contributed by atoms with Gasteiger partial charge >= 0.3 is 0 Å². The summed E-state index contributed by atoms with van der Waals surface area (Å²) >= 11 is 0. The van der Waals surface area contributed by atoms with Crippen LogP contribution in [0.3, 0.4) is 0 Å². The number of phenolic OH excluding ortho intramolecular Hbond substituents is 1. The van der Waals surface area contributed by atoms with Gasteiger partial charge in [0.1, 0.15) is 11.5 Å². The SMILES string of the molecule is OCC(=NO)c1cccc(O)c1. The number of nitrogens with zero attached hydrogens (tertiary/aromatic N) is 1. The molecule has 0 saturated carbocycles. The quantitative estimate of drug-likeness (QED) is 0.342. The van der Waals surface area contributed by atoms with E-state index in [9.17, 15) is 0 Å². The van der Waals surface area contributed by atoms with Crippen LogP contribution >= 0.6 is 0 Å². The Morgan fingerprint density at radius 3 is 2.67 bits per heavy atom. The van der Waals surface area contributed by atoms with E-state index in [-0.39, 0.29) is 18.1 Å². The maximum absolute atomic E-state index is 9.03. The average molecular weight is 167 g/mol. The molecule has 0 aliphatic rings. The second-order valence-electron chi connectivity index (χ2n) is 2.26. The number of rotatable bonds is 2. The highest BCUT2D eigenvalue weighted by Crippen LogP contribution is 2.11. The molecule has 0 aliphatic carbocycles. The Bertz CT molecular complexity index is 296. The van der Waals surface area contributed by atoms with Crippen LogP contribution in [-0.2, 0) is 0 Å². The molecule has 3 N–H and O–H groups in total. The van der Waals surface area contributed by atoms with Crippen LogP contribution in [0.15, 0.2) is 29.4 Å². The van der Waals surface area contributed by atoms with Gasteiger partial charge < -0.3 is 15.4 Å². The summed E-state index contributed by atoms with van der Waals surface area (Å²) in [6.07, 6.45) is 0. The van der Waals surface area contributed by atoms with Crippen LogP contribution < -0.4 is 0 Å². The molecule has 0 saturated heterocycles. The van der Waals surface area contributed by atoms with Crippen LogP contribution in [0.5, 0.6) is 5.75 Å². The van der Waals surface area contributed by atoms with Crippen LogP contribution in [-0.4, -0.2) is 27.7 Å². The lowest BCUT2D eigenvalue weighted by Gasteiger charge is -2.00. The minimum Gasteiger partial charge on any atom is -0.508 e. The summed E-state index contributed by atoms with van der Waals surface area (Å²) in [6.45, 7) is -0.361. The van der Waals surface area contributed by atoms with Gasteiger partial charge in [-0.2, -0.15) is 0 Å². The summed E-state index contributed by atoms with van der Waals surface area (Å²) in [5, 5.41) is 29.0. The molecule has 0 aromatic heterocycles. The molecule has 12 heavy (non-hydrogen) atoms.